The third-order valence-corrected chi connectivity index (χ3v) is 10.5. The van der Waals surface area contributed by atoms with Crippen LogP contribution in [0.15, 0.2) is 16.8 Å². The zero-order valence-electron chi connectivity index (χ0n) is 23.6. The largest absolute Gasteiger partial charge is 0.437 e. The Hall–Kier alpha value is -1.77. The number of carbonyl (C=O) groups excluding carboxylic acids is 2. The number of carbonyl (C=O) groups is 2. The molecule has 0 aliphatic heterocycles. The summed E-state index contributed by atoms with van der Waals surface area (Å²) in [7, 11) is 4.03. The first-order chi connectivity index (χ1) is 17.6. The topological polar surface area (TPSA) is 94.5 Å². The molecule has 3 fully saturated rings. The van der Waals surface area contributed by atoms with Crippen LogP contribution in [0.25, 0.3) is 0 Å². The number of oxime groups is 1. The predicted molar refractivity (Wildman–Crippen MR) is 145 cm³/mol. The molecule has 0 saturated heterocycles. The molecule has 0 bridgehead atoms. The van der Waals surface area contributed by atoms with Gasteiger partial charge in [-0.2, -0.15) is 0 Å². The zero-order valence-corrected chi connectivity index (χ0v) is 23.6. The average Bonchev–Trinajstić information content (AvgIpc) is 3.22. The van der Waals surface area contributed by atoms with Crippen LogP contribution in [0.2, 0.25) is 0 Å². The van der Waals surface area contributed by atoms with E-state index in [0.29, 0.717) is 49.0 Å². The number of aliphatic hydroxyl groups is 1. The van der Waals surface area contributed by atoms with Crippen LogP contribution < -0.4 is 5.32 Å². The summed E-state index contributed by atoms with van der Waals surface area (Å²) in [5.41, 5.74) is 2.65. The number of nitrogens with zero attached hydrogens (tertiary/aromatic N) is 3. The smallest absolute Gasteiger partial charge is 0.376 e. The molecule has 0 spiro atoms. The number of ketones is 1. The van der Waals surface area contributed by atoms with E-state index >= 15 is 0 Å². The van der Waals surface area contributed by atoms with Crippen molar-refractivity contribution in [1.29, 1.82) is 0 Å². The van der Waals surface area contributed by atoms with Gasteiger partial charge < -0.3 is 15.3 Å². The van der Waals surface area contributed by atoms with Gasteiger partial charge in [0, 0.05) is 38.5 Å². The number of hydrogen-bond donors (Lipinski definition) is 2. The van der Waals surface area contributed by atoms with E-state index in [4.69, 9.17) is 4.84 Å². The first-order valence-corrected chi connectivity index (χ1v) is 14.3. The summed E-state index contributed by atoms with van der Waals surface area (Å²) in [5.74, 6) is 2.63. The molecule has 0 radical (unpaired) electrons. The minimum atomic E-state index is -0.606. The average molecular weight is 517 g/mol. The Morgan fingerprint density at radius 2 is 1.86 bits per heavy atom. The van der Waals surface area contributed by atoms with Gasteiger partial charge in [-0.3, -0.25) is 14.5 Å². The summed E-state index contributed by atoms with van der Waals surface area (Å²) < 4.78 is 0. The Morgan fingerprint density at radius 3 is 2.59 bits per heavy atom. The molecule has 8 heteroatoms. The van der Waals surface area contributed by atoms with E-state index in [1.54, 1.807) is 0 Å². The maximum Gasteiger partial charge on any atom is 0.437 e. The van der Waals surface area contributed by atoms with E-state index in [9.17, 15) is 14.7 Å². The fourth-order valence-electron chi connectivity index (χ4n) is 8.34. The van der Waals surface area contributed by atoms with Gasteiger partial charge >= 0.3 is 6.09 Å². The molecule has 1 amide bonds. The summed E-state index contributed by atoms with van der Waals surface area (Å²) in [4.78, 5) is 33.4. The van der Waals surface area contributed by atoms with E-state index in [2.05, 4.69) is 29.2 Å². The summed E-state index contributed by atoms with van der Waals surface area (Å²) >= 11 is 0. The van der Waals surface area contributed by atoms with Crippen molar-refractivity contribution in [2.45, 2.75) is 72.1 Å². The lowest BCUT2D eigenvalue weighted by Crippen LogP contribution is -2.51. The number of nitrogens with one attached hydrogen (secondary N) is 1. The number of amides is 1. The van der Waals surface area contributed by atoms with Crippen LogP contribution in [0.4, 0.5) is 4.79 Å². The maximum absolute atomic E-state index is 12.6. The van der Waals surface area contributed by atoms with Crippen LogP contribution in [-0.4, -0.2) is 79.5 Å². The van der Waals surface area contributed by atoms with Gasteiger partial charge in [0.1, 0.15) is 6.73 Å². The number of fused-ring (bicyclic) bond motifs is 5. The number of allylic oxidation sites excluding steroid dienone is 1. The van der Waals surface area contributed by atoms with Crippen molar-refractivity contribution in [2.75, 3.05) is 47.0 Å². The Balaban J connectivity index is 1.36. The molecule has 6 atom stereocenters. The molecule has 208 valence electrons. The molecule has 0 aromatic rings. The molecule has 4 rings (SSSR count). The Kier molecular flexibility index (Phi) is 8.81. The highest BCUT2D eigenvalue weighted by atomic mass is 16.7. The summed E-state index contributed by atoms with van der Waals surface area (Å²) in [5, 5.41) is 17.2. The van der Waals surface area contributed by atoms with Gasteiger partial charge in [0.15, 0.2) is 5.78 Å². The van der Waals surface area contributed by atoms with Crippen molar-refractivity contribution in [3.8, 4) is 0 Å². The molecular weight excluding hydrogens is 468 g/mol. The lowest BCUT2D eigenvalue weighted by atomic mass is 9.46. The van der Waals surface area contributed by atoms with E-state index in [1.807, 2.05) is 27.1 Å². The highest BCUT2D eigenvalue weighted by Crippen LogP contribution is 2.66. The minimum absolute atomic E-state index is 0.163. The van der Waals surface area contributed by atoms with Crippen molar-refractivity contribution in [1.82, 2.24) is 15.1 Å². The van der Waals surface area contributed by atoms with Crippen LogP contribution in [0.3, 0.4) is 0 Å². The molecule has 8 nitrogen and oxygen atoms in total. The lowest BCUT2D eigenvalue weighted by molar-refractivity contribution is -0.117. The van der Waals surface area contributed by atoms with Crippen LogP contribution in [0.1, 0.15) is 72.1 Å². The second-order valence-corrected chi connectivity index (χ2v) is 12.7. The molecule has 4 aliphatic rings. The molecule has 4 aliphatic carbocycles. The quantitative estimate of drug-likeness (QED) is 0.158. The molecule has 37 heavy (non-hydrogen) atoms. The van der Waals surface area contributed by atoms with Crippen molar-refractivity contribution >= 4 is 17.6 Å². The third kappa shape index (κ3) is 5.66. The normalized spacial score (nSPS) is 35.5. The maximum atomic E-state index is 12.6. The standard InChI is InChI=1S/C29H48N4O4/c1-20(31-37-27(36)33(19-34)17-15-30-14-16-32(4)5)24-8-9-25-23-7-6-21-18-22(35)10-12-28(21,2)26(23)11-13-29(24,25)3/h18,23-26,30,34H,6-17,19H2,1-5H3/b31-20+/t23-,24+,25-,26-,28-,29+/m0/s1. The molecule has 0 aromatic heterocycles. The first kappa shape index (κ1) is 28.2. The molecule has 0 heterocycles. The van der Waals surface area contributed by atoms with Crippen molar-refractivity contribution in [3.05, 3.63) is 11.6 Å². The number of rotatable bonds is 9. The Bertz CT molecular complexity index is 918. The molecule has 2 N–H and O–H groups in total. The number of hydrogen-bond acceptors (Lipinski definition) is 7. The van der Waals surface area contributed by atoms with Gasteiger partial charge in [-0.25, -0.2) is 4.79 Å². The second-order valence-electron chi connectivity index (χ2n) is 12.7. The summed E-state index contributed by atoms with van der Waals surface area (Å²) in [6, 6.07) is 0. The SMILES string of the molecule is C/C(=N\OC(=O)N(CO)CCNCCN(C)C)[C@H]1CC[C@H]2[C@@H]3CCC4=CC(=O)CC[C@]4(C)[C@H]3CC[C@]12C. The van der Waals surface area contributed by atoms with Crippen molar-refractivity contribution in [3.63, 3.8) is 0 Å². The Labute approximate surface area is 222 Å². The van der Waals surface area contributed by atoms with Gasteiger partial charge in [-0.15, -0.1) is 0 Å². The number of aliphatic hydroxyl groups excluding tert-OH is 1. The highest BCUT2D eigenvalue weighted by molar-refractivity contribution is 5.91. The van der Waals surface area contributed by atoms with Crippen LogP contribution in [-0.2, 0) is 9.63 Å². The van der Waals surface area contributed by atoms with E-state index in [0.717, 1.165) is 44.5 Å². The number of likely N-dealkylation sites (N-methyl/N-ethyl adjacent to an activating group) is 1. The van der Waals surface area contributed by atoms with Crippen molar-refractivity contribution in [2.24, 2.45) is 39.7 Å². The van der Waals surface area contributed by atoms with Gasteiger partial charge in [0.25, 0.3) is 0 Å². The molecular formula is C29H48N4O4. The van der Waals surface area contributed by atoms with Gasteiger partial charge in [-0.05, 0) is 101 Å². The summed E-state index contributed by atoms with van der Waals surface area (Å²) in [6.45, 7) is 9.14. The van der Waals surface area contributed by atoms with Gasteiger partial charge in [0.2, 0.25) is 0 Å². The first-order valence-electron chi connectivity index (χ1n) is 14.3. The van der Waals surface area contributed by atoms with Gasteiger partial charge in [0.05, 0.1) is 5.71 Å². The molecule has 0 aromatic carbocycles. The van der Waals surface area contributed by atoms with E-state index < -0.39 is 12.8 Å². The fourth-order valence-corrected chi connectivity index (χ4v) is 8.34. The zero-order chi connectivity index (χ0) is 26.8. The van der Waals surface area contributed by atoms with Crippen LogP contribution >= 0.6 is 0 Å². The predicted octanol–water partition coefficient (Wildman–Crippen LogP) is 4.05. The molecule has 3 saturated carbocycles. The van der Waals surface area contributed by atoms with Crippen molar-refractivity contribution < 1.29 is 19.5 Å². The highest BCUT2D eigenvalue weighted by Gasteiger charge is 2.59. The van der Waals surface area contributed by atoms with Crippen LogP contribution in [0.5, 0.6) is 0 Å². The Morgan fingerprint density at radius 1 is 1.11 bits per heavy atom. The summed E-state index contributed by atoms with van der Waals surface area (Å²) in [6.07, 6.45) is 9.95. The monoisotopic (exact) mass is 516 g/mol. The van der Waals surface area contributed by atoms with E-state index in [-0.39, 0.29) is 10.8 Å². The minimum Gasteiger partial charge on any atom is -0.376 e. The fraction of sp³-hybridized carbons (Fsp3) is 0.828. The molecule has 0 unspecified atom stereocenters. The second kappa shape index (κ2) is 11.5. The lowest BCUT2D eigenvalue weighted by Gasteiger charge is -2.58. The van der Waals surface area contributed by atoms with Crippen LogP contribution in [0, 0.1) is 34.5 Å². The third-order valence-electron chi connectivity index (χ3n) is 10.5. The van der Waals surface area contributed by atoms with E-state index in [1.165, 1.54) is 29.7 Å². The van der Waals surface area contributed by atoms with Gasteiger partial charge in [-0.1, -0.05) is 24.6 Å².